The number of nitrogens with zero attached hydrogens (tertiary/aromatic N) is 4. The molecule has 10 amide bonds. The molecule has 0 aliphatic carbocycles. The Balaban J connectivity index is 6.81. The van der Waals surface area contributed by atoms with Gasteiger partial charge in [-0.05, 0) is 102 Å². The van der Waals surface area contributed by atoms with Crippen molar-refractivity contribution in [1.82, 2.24) is 53.2 Å². The summed E-state index contributed by atoms with van der Waals surface area (Å²) in [6.45, 7) is 7.92. The lowest BCUT2D eigenvalue weighted by atomic mass is 9.96. The van der Waals surface area contributed by atoms with Gasteiger partial charge < -0.3 is 110 Å². The number of nitrogens with two attached hydrogens (primary N) is 9. The van der Waals surface area contributed by atoms with E-state index in [1.54, 1.807) is 27.7 Å². The zero-order valence-corrected chi connectivity index (χ0v) is 51.0. The third-order valence-electron chi connectivity index (χ3n) is 13.1. The molecule has 0 saturated heterocycles. The van der Waals surface area contributed by atoms with E-state index in [0.717, 1.165) is 0 Å². The molecule has 0 heterocycles. The highest BCUT2D eigenvalue weighted by Crippen LogP contribution is 2.13. The molecule has 35 heteroatoms. The summed E-state index contributed by atoms with van der Waals surface area (Å²) >= 11 is 0. The van der Waals surface area contributed by atoms with Gasteiger partial charge in [0.1, 0.15) is 48.3 Å². The first kappa shape index (κ1) is 78.2. The van der Waals surface area contributed by atoms with Crippen LogP contribution in [-0.2, 0) is 52.7 Å². The Morgan fingerprint density at radius 2 is 0.793 bits per heavy atom. The van der Waals surface area contributed by atoms with E-state index in [-0.39, 0.29) is 120 Å². The predicted molar refractivity (Wildman–Crippen MR) is 327 cm³/mol. The molecule has 0 fully saturated rings. The molecule has 0 rings (SSSR count). The van der Waals surface area contributed by atoms with Gasteiger partial charge in [0.05, 0.1) is 6.54 Å². The summed E-state index contributed by atoms with van der Waals surface area (Å²) in [5.41, 5.74) is 49.5. The summed E-state index contributed by atoms with van der Waals surface area (Å²) in [7, 11) is 1.38. The minimum absolute atomic E-state index is 0.000728. The fraction of sp³-hybridized carbons (Fsp3) is 0.712. The van der Waals surface area contributed by atoms with Crippen molar-refractivity contribution in [1.29, 1.82) is 0 Å². The van der Waals surface area contributed by atoms with Crippen molar-refractivity contribution in [3.63, 3.8) is 0 Å². The van der Waals surface area contributed by atoms with Crippen LogP contribution in [0.15, 0.2) is 20.0 Å². The molecule has 0 spiro atoms. The molecule has 0 aromatic heterocycles. The number of carboxylic acid groups (broad SMARTS) is 1. The Kier molecular flexibility index (Phi) is 39.4. The molecule has 0 saturated carbocycles. The van der Waals surface area contributed by atoms with Gasteiger partial charge >= 0.3 is 5.97 Å². The van der Waals surface area contributed by atoms with E-state index in [0.29, 0.717) is 25.7 Å². The zero-order valence-electron chi connectivity index (χ0n) is 51.0. The fourth-order valence-corrected chi connectivity index (χ4v) is 8.35. The van der Waals surface area contributed by atoms with Gasteiger partial charge in [-0.2, -0.15) is 0 Å². The van der Waals surface area contributed by atoms with E-state index >= 15 is 0 Å². The van der Waals surface area contributed by atoms with Crippen LogP contribution < -0.4 is 105 Å². The molecule has 87 heavy (non-hydrogen) atoms. The minimum Gasteiger partial charge on any atom is -0.481 e. The van der Waals surface area contributed by atoms with Crippen LogP contribution in [-0.4, -0.2) is 189 Å². The van der Waals surface area contributed by atoms with Crippen LogP contribution in [0.25, 0.3) is 0 Å². The van der Waals surface area contributed by atoms with Gasteiger partial charge in [0.15, 0.2) is 23.8 Å². The first-order chi connectivity index (χ1) is 40.9. The van der Waals surface area contributed by atoms with Gasteiger partial charge in [0.25, 0.3) is 0 Å². The number of carbonyl (C=O) groups is 11. The van der Waals surface area contributed by atoms with E-state index in [9.17, 15) is 57.8 Å². The summed E-state index contributed by atoms with van der Waals surface area (Å²) in [6.07, 6.45) is 0.989. The highest BCUT2D eigenvalue weighted by Gasteiger charge is 2.35. The van der Waals surface area contributed by atoms with Crippen molar-refractivity contribution in [2.75, 3.05) is 46.3 Å². The predicted octanol–water partition coefficient (Wildman–Crippen LogP) is -6.95. The number of carboxylic acids is 1. The van der Waals surface area contributed by atoms with Crippen LogP contribution in [0.2, 0.25) is 0 Å². The minimum atomic E-state index is -1.55. The number of hydrogen-bond donors (Lipinski definition) is 20. The van der Waals surface area contributed by atoms with Crippen LogP contribution in [0.5, 0.6) is 0 Å². The lowest BCUT2D eigenvalue weighted by Crippen LogP contribution is -2.59. The molecule has 494 valence electrons. The monoisotopic (exact) mass is 1240 g/mol. The van der Waals surface area contributed by atoms with Gasteiger partial charge in [-0.1, -0.05) is 34.1 Å². The van der Waals surface area contributed by atoms with Crippen LogP contribution in [0.4, 0.5) is 0 Å². The van der Waals surface area contributed by atoms with Gasteiger partial charge in [-0.25, -0.2) is 0 Å². The van der Waals surface area contributed by atoms with Crippen molar-refractivity contribution < 1.29 is 57.8 Å². The molecule has 29 N–H and O–H groups in total. The number of guanidine groups is 4. The summed E-state index contributed by atoms with van der Waals surface area (Å²) in [5, 5.41) is 35.3. The molecule has 0 aromatic rings. The van der Waals surface area contributed by atoms with E-state index < -0.39 is 139 Å². The van der Waals surface area contributed by atoms with Gasteiger partial charge in [0.2, 0.25) is 59.1 Å². The number of nitrogens with one attached hydrogen (secondary N) is 10. The number of hydrogen-bond acceptors (Lipinski definition) is 16. The largest absolute Gasteiger partial charge is 0.481 e. The molecular formula is C52H99N23O12. The van der Waals surface area contributed by atoms with E-state index in [1.165, 1.54) is 14.0 Å². The Morgan fingerprint density at radius 3 is 1.15 bits per heavy atom. The van der Waals surface area contributed by atoms with Gasteiger partial charge in [-0.3, -0.25) is 72.7 Å². The molecule has 0 aliphatic rings. The Bertz CT molecular complexity index is 2360. The van der Waals surface area contributed by atoms with E-state index in [1.807, 2.05) is 0 Å². The third-order valence-corrected chi connectivity index (χ3v) is 13.1. The SMILES string of the molecule is CC[C@H](C)[C@H](NC(=O)[C@H](CCCN=C(N)N)NC(C)=O)C(=O)N[C@@H](CCC(=O)O)C(=O)NCC(=O)N[C@@H](CC(C)C)C(=O)N[C@@H](CCCN=C(N)N)C(=O)N[C@@H](CCCCN)C(=O)N[C@@H](CCCN=C(N)N)C(=O)N[C@@H](CCCN=C(N)N)C(=O)NC. The maximum atomic E-state index is 14.4. The number of aliphatic carboxylic acids is 1. The molecule has 0 bridgehead atoms. The van der Waals surface area contributed by atoms with Crippen molar-refractivity contribution in [2.45, 2.75) is 179 Å². The van der Waals surface area contributed by atoms with Crippen molar-refractivity contribution >= 4 is 88.9 Å². The van der Waals surface area contributed by atoms with Crippen molar-refractivity contribution in [3.8, 4) is 0 Å². The maximum Gasteiger partial charge on any atom is 0.303 e. The van der Waals surface area contributed by atoms with E-state index in [4.69, 9.17) is 51.6 Å². The third kappa shape index (κ3) is 36.0. The highest BCUT2D eigenvalue weighted by atomic mass is 16.4. The first-order valence-electron chi connectivity index (χ1n) is 29.0. The lowest BCUT2D eigenvalue weighted by molar-refractivity contribution is -0.138. The van der Waals surface area contributed by atoms with Crippen LogP contribution in [0, 0.1) is 11.8 Å². The molecule has 0 aliphatic heterocycles. The Morgan fingerprint density at radius 1 is 0.437 bits per heavy atom. The zero-order chi connectivity index (χ0) is 66.2. The van der Waals surface area contributed by atoms with E-state index in [2.05, 4.69) is 73.1 Å². The highest BCUT2D eigenvalue weighted by molar-refractivity contribution is 5.98. The number of likely N-dealkylation sites (N-methyl/N-ethyl adjacent to an activating group) is 1. The molecule has 0 aromatic carbocycles. The lowest BCUT2D eigenvalue weighted by Gasteiger charge is -2.28. The number of unbranched alkanes of at least 4 members (excludes halogenated alkanes) is 1. The molecule has 0 radical (unpaired) electrons. The fourth-order valence-electron chi connectivity index (χ4n) is 8.35. The summed E-state index contributed by atoms with van der Waals surface area (Å²) in [4.78, 5) is 164. The quantitative estimate of drug-likeness (QED) is 0.0153. The maximum absolute atomic E-state index is 14.4. The van der Waals surface area contributed by atoms with Gasteiger partial charge in [0, 0.05) is 46.6 Å². The summed E-state index contributed by atoms with van der Waals surface area (Å²) in [5.74, 6) is -10.7. The van der Waals surface area contributed by atoms with Crippen molar-refractivity contribution in [3.05, 3.63) is 0 Å². The molecule has 0 unspecified atom stereocenters. The summed E-state index contributed by atoms with van der Waals surface area (Å²) in [6, 6.07) is -10.4. The smallest absolute Gasteiger partial charge is 0.303 e. The second-order valence-electron chi connectivity index (χ2n) is 21.0. The average Bonchev–Trinajstić information content (AvgIpc) is 2.99. The van der Waals surface area contributed by atoms with Gasteiger partial charge in [-0.15, -0.1) is 0 Å². The molecular weight excluding hydrogens is 1140 g/mol. The standard InChI is InChI=1S/C52H99N23O12/c1-7-29(4)40(75-46(85)32(68-30(5)76)16-11-23-64-50(56)57)48(87)74-36(19-20-39(78)79)42(81)67-27-38(77)69-37(26-28(2)3)47(86)73-35(18-13-25-66-52(60)61)45(84)71-33(14-8-9-21-53)43(82)72-34(17-12-24-65-51(58)59)44(83)70-31(41(80)62-6)15-10-22-63-49(54)55/h28-29,31-37,40H,7-27,53H2,1-6H3,(H,62,80)(H,67,81)(H,68,76)(H,69,77)(H,70,83)(H,71,84)(H,72,82)(H,73,86)(H,74,87)(H,75,85)(H,78,79)(H4,54,55,63)(H4,56,57,64)(H4,58,59,65)(H4,60,61,66)/t29-,31-,32-,33-,34-,35-,36-,37-,40-/m0/s1. The summed E-state index contributed by atoms with van der Waals surface area (Å²) < 4.78 is 0. The van der Waals surface area contributed by atoms with Crippen molar-refractivity contribution in [2.24, 2.45) is 83.4 Å². The van der Waals surface area contributed by atoms with Crippen LogP contribution in [0.1, 0.15) is 131 Å². The van der Waals surface area contributed by atoms with Crippen LogP contribution in [0.3, 0.4) is 0 Å². The average molecular weight is 1240 g/mol. The Labute approximate surface area is 507 Å². The second-order valence-corrected chi connectivity index (χ2v) is 21.0. The van der Waals surface area contributed by atoms with Crippen LogP contribution >= 0.6 is 0 Å². The topological polar surface area (TPSA) is 612 Å². The molecule has 9 atom stereocenters. The number of amides is 10. The molecule has 35 nitrogen and oxygen atoms in total. The second kappa shape index (κ2) is 43.8. The first-order valence-corrected chi connectivity index (χ1v) is 29.0. The number of aliphatic imine (C=N–C) groups is 4. The Hall–Kier alpha value is -8.79. The normalized spacial score (nSPS) is 13.9. The number of carbonyl (C=O) groups excluding carboxylic acids is 10. The number of rotatable bonds is 45.